The van der Waals surface area contributed by atoms with E-state index in [2.05, 4.69) is 40.8 Å². The Hall–Kier alpha value is -1.61. The van der Waals surface area contributed by atoms with Crippen molar-refractivity contribution >= 4 is 0 Å². The minimum absolute atomic E-state index is 0.399. The summed E-state index contributed by atoms with van der Waals surface area (Å²) in [4.78, 5) is 8.65. The highest BCUT2D eigenvalue weighted by Gasteiger charge is 2.31. The van der Waals surface area contributed by atoms with Gasteiger partial charge in [-0.1, -0.05) is 69.2 Å². The molecule has 3 heteroatoms. The predicted octanol–water partition coefficient (Wildman–Crippen LogP) is 6.89. The van der Waals surface area contributed by atoms with Crippen molar-refractivity contribution in [2.24, 2.45) is 5.92 Å². The smallest absolute Gasteiger partial charge is 0.124 e. The van der Waals surface area contributed by atoms with Crippen LogP contribution >= 0.6 is 0 Å². The fourth-order valence-corrected chi connectivity index (χ4v) is 5.74. The molecule has 3 nitrogen and oxygen atoms in total. The Labute approximate surface area is 176 Å². The number of benzene rings is 1. The Morgan fingerprint density at radius 3 is 2.14 bits per heavy atom. The molecular formula is C26H37N3. The summed E-state index contributed by atoms with van der Waals surface area (Å²) >= 11 is 0. The Morgan fingerprint density at radius 1 is 0.793 bits per heavy atom. The maximum atomic E-state index is 5.09. The molecule has 3 fully saturated rings. The first-order chi connectivity index (χ1) is 14.4. The van der Waals surface area contributed by atoms with Crippen molar-refractivity contribution in [3.63, 3.8) is 0 Å². The number of nitrogens with zero attached hydrogens (tertiary/aromatic N) is 1. The average Bonchev–Trinajstić information content (AvgIpc) is 3.24. The molecule has 0 aliphatic heterocycles. The molecule has 5 rings (SSSR count). The molecule has 0 spiro atoms. The lowest BCUT2D eigenvalue weighted by Crippen LogP contribution is -2.41. The Morgan fingerprint density at radius 2 is 1.48 bits per heavy atom. The normalized spacial score (nSPS) is 23.0. The minimum atomic E-state index is 0.399. The summed E-state index contributed by atoms with van der Waals surface area (Å²) in [5.74, 6) is 2.67. The molecule has 3 saturated carbocycles. The summed E-state index contributed by atoms with van der Waals surface area (Å²) in [6.07, 6.45) is 20.0. The number of nitrogens with one attached hydrogen (secondary N) is 2. The third-order valence-electron chi connectivity index (χ3n) is 7.82. The maximum absolute atomic E-state index is 5.09. The topological polar surface area (TPSA) is 40.7 Å². The Kier molecular flexibility index (Phi) is 6.03. The van der Waals surface area contributed by atoms with Crippen LogP contribution in [-0.2, 0) is 0 Å². The Balaban J connectivity index is 1.32. The molecule has 2 aromatic rings. The van der Waals surface area contributed by atoms with E-state index in [0.29, 0.717) is 12.1 Å². The molecule has 0 radical (unpaired) electrons. The van der Waals surface area contributed by atoms with Crippen LogP contribution in [0.2, 0.25) is 0 Å². The van der Waals surface area contributed by atoms with Crippen molar-refractivity contribution in [3.8, 4) is 11.3 Å². The second kappa shape index (κ2) is 9.04. The van der Waals surface area contributed by atoms with Crippen LogP contribution in [0.5, 0.6) is 0 Å². The highest BCUT2D eigenvalue weighted by atomic mass is 15.1. The minimum Gasteiger partial charge on any atom is -0.347 e. The molecule has 0 bridgehead atoms. The zero-order chi connectivity index (χ0) is 19.5. The van der Waals surface area contributed by atoms with Gasteiger partial charge < -0.3 is 10.3 Å². The summed E-state index contributed by atoms with van der Waals surface area (Å²) in [6, 6.07) is 10.4. The van der Waals surface area contributed by atoms with Gasteiger partial charge in [-0.05, 0) is 55.9 Å². The zero-order valence-corrected chi connectivity index (χ0v) is 17.8. The highest BCUT2D eigenvalue weighted by Crippen LogP contribution is 2.37. The summed E-state index contributed by atoms with van der Waals surface area (Å²) in [7, 11) is 0. The molecular weight excluding hydrogens is 354 g/mol. The zero-order valence-electron chi connectivity index (χ0n) is 17.8. The molecule has 1 unspecified atom stereocenters. The fraction of sp³-hybridized carbons (Fsp3) is 0.654. The van der Waals surface area contributed by atoms with Gasteiger partial charge in [-0.15, -0.1) is 0 Å². The fourth-order valence-electron chi connectivity index (χ4n) is 5.74. The molecule has 1 aromatic carbocycles. The van der Waals surface area contributed by atoms with Crippen LogP contribution in [0.1, 0.15) is 107 Å². The van der Waals surface area contributed by atoms with Gasteiger partial charge >= 0.3 is 0 Å². The van der Waals surface area contributed by atoms with E-state index < -0.39 is 0 Å². The maximum Gasteiger partial charge on any atom is 0.124 e. The number of hydrogen-bond donors (Lipinski definition) is 2. The molecule has 3 aliphatic rings. The molecule has 2 N–H and O–H groups in total. The number of imidazole rings is 1. The number of hydrogen-bond acceptors (Lipinski definition) is 2. The SMILES string of the molecule is c1cc(C2CCCCC2)ccc1-c1c[nH]c(C(NC2CCC2)C2CCCCC2)n1. The first-order valence-electron chi connectivity index (χ1n) is 12.3. The van der Waals surface area contributed by atoms with Crippen LogP contribution in [0.15, 0.2) is 30.5 Å². The number of H-pyrrole nitrogens is 1. The van der Waals surface area contributed by atoms with Gasteiger partial charge in [-0.3, -0.25) is 0 Å². The van der Waals surface area contributed by atoms with Gasteiger partial charge in [0.15, 0.2) is 0 Å². The third-order valence-corrected chi connectivity index (χ3v) is 7.82. The second-order valence-electron chi connectivity index (χ2n) is 9.80. The van der Waals surface area contributed by atoms with E-state index in [1.54, 1.807) is 0 Å². The van der Waals surface area contributed by atoms with Gasteiger partial charge in [0.2, 0.25) is 0 Å². The van der Waals surface area contributed by atoms with Crippen molar-refractivity contribution in [1.82, 2.24) is 15.3 Å². The van der Waals surface area contributed by atoms with Crippen LogP contribution in [-0.4, -0.2) is 16.0 Å². The number of aromatic amines is 1. The largest absolute Gasteiger partial charge is 0.347 e. The summed E-state index contributed by atoms with van der Waals surface area (Å²) in [5, 5.41) is 3.96. The van der Waals surface area contributed by atoms with Crippen LogP contribution in [0.4, 0.5) is 0 Å². The molecule has 1 aromatic heterocycles. The first-order valence-corrected chi connectivity index (χ1v) is 12.3. The van der Waals surface area contributed by atoms with E-state index >= 15 is 0 Å². The van der Waals surface area contributed by atoms with Crippen LogP contribution in [0.3, 0.4) is 0 Å². The quantitative estimate of drug-likeness (QED) is 0.563. The van der Waals surface area contributed by atoms with Gasteiger partial charge in [0, 0.05) is 17.8 Å². The van der Waals surface area contributed by atoms with Gasteiger partial charge in [0.25, 0.3) is 0 Å². The molecule has 1 atom stereocenters. The summed E-state index contributed by atoms with van der Waals surface area (Å²) < 4.78 is 0. The van der Waals surface area contributed by atoms with Crippen molar-refractivity contribution in [1.29, 1.82) is 0 Å². The number of aromatic nitrogens is 2. The van der Waals surface area contributed by atoms with E-state index in [9.17, 15) is 0 Å². The molecule has 0 saturated heterocycles. The summed E-state index contributed by atoms with van der Waals surface area (Å²) in [5.41, 5.74) is 3.88. The highest BCUT2D eigenvalue weighted by molar-refractivity contribution is 5.59. The van der Waals surface area contributed by atoms with Crippen molar-refractivity contribution in [3.05, 3.63) is 41.9 Å². The van der Waals surface area contributed by atoms with Crippen LogP contribution < -0.4 is 5.32 Å². The third kappa shape index (κ3) is 4.45. The molecule has 1 heterocycles. The van der Waals surface area contributed by atoms with E-state index in [0.717, 1.165) is 23.4 Å². The molecule has 156 valence electrons. The van der Waals surface area contributed by atoms with Crippen LogP contribution in [0, 0.1) is 5.92 Å². The van der Waals surface area contributed by atoms with Crippen molar-refractivity contribution in [2.75, 3.05) is 0 Å². The molecule has 0 amide bonds. The monoisotopic (exact) mass is 391 g/mol. The number of rotatable bonds is 6. The lowest BCUT2D eigenvalue weighted by atomic mass is 9.82. The standard InChI is InChI=1S/C26H37N3/c1-3-8-19(9-4-1)20-14-16-21(17-15-20)24-18-27-26(29-24)25(28-23-12-7-13-23)22-10-5-2-6-11-22/h14-19,22-23,25,28H,1-13H2,(H,27,29). The van der Waals surface area contributed by atoms with Crippen LogP contribution in [0.25, 0.3) is 11.3 Å². The molecule has 3 aliphatic carbocycles. The van der Waals surface area contributed by atoms with E-state index in [1.807, 2.05) is 0 Å². The van der Waals surface area contributed by atoms with E-state index in [4.69, 9.17) is 4.98 Å². The van der Waals surface area contributed by atoms with E-state index in [-0.39, 0.29) is 0 Å². The van der Waals surface area contributed by atoms with Gasteiger partial charge in [-0.25, -0.2) is 4.98 Å². The van der Waals surface area contributed by atoms with Crippen molar-refractivity contribution in [2.45, 2.75) is 101 Å². The lowest BCUT2D eigenvalue weighted by molar-refractivity contribution is 0.212. The average molecular weight is 392 g/mol. The summed E-state index contributed by atoms with van der Waals surface area (Å²) in [6.45, 7) is 0. The van der Waals surface area contributed by atoms with Gasteiger partial charge in [-0.2, -0.15) is 0 Å². The lowest BCUT2D eigenvalue weighted by Gasteiger charge is -2.36. The van der Waals surface area contributed by atoms with E-state index in [1.165, 1.54) is 94.6 Å². The first kappa shape index (κ1) is 19.4. The van der Waals surface area contributed by atoms with Crippen molar-refractivity contribution < 1.29 is 0 Å². The second-order valence-corrected chi connectivity index (χ2v) is 9.80. The molecule has 29 heavy (non-hydrogen) atoms. The predicted molar refractivity (Wildman–Crippen MR) is 120 cm³/mol. The Bertz CT molecular complexity index is 762. The van der Waals surface area contributed by atoms with Gasteiger partial charge in [0.05, 0.1) is 11.7 Å². The van der Waals surface area contributed by atoms with Gasteiger partial charge in [0.1, 0.15) is 5.82 Å².